The number of fused-ring (bicyclic) bond motifs is 1. The van der Waals surface area contributed by atoms with Crippen molar-refractivity contribution in [3.05, 3.63) is 70.1 Å². The van der Waals surface area contributed by atoms with Crippen LogP contribution in [-0.4, -0.2) is 35.2 Å². The molecule has 2 unspecified atom stereocenters. The first-order chi connectivity index (χ1) is 15.4. The van der Waals surface area contributed by atoms with E-state index in [0.717, 1.165) is 19.3 Å². The highest BCUT2D eigenvalue weighted by atomic mass is 35.5. The van der Waals surface area contributed by atoms with E-state index in [0.29, 0.717) is 34.8 Å². The number of nitrogens with zero attached hydrogens (tertiary/aromatic N) is 2. The smallest absolute Gasteiger partial charge is 0.264 e. The number of rotatable bonds is 4. The summed E-state index contributed by atoms with van der Waals surface area (Å²) in [7, 11) is 0. The number of nitrogens with one attached hydrogen (secondary N) is 1. The second-order valence-corrected chi connectivity index (χ2v) is 8.74. The number of hydrogen-bond donors (Lipinski definition) is 2. The third kappa shape index (κ3) is 4.12. The van der Waals surface area contributed by atoms with Gasteiger partial charge < -0.3 is 16.0 Å². The summed E-state index contributed by atoms with van der Waals surface area (Å²) in [5.41, 5.74) is 7.46. The fraction of sp³-hybridized carbons (Fsp3) is 0.333. The standard InChI is InChI=1S/C24H25ClN4O3/c1-14(26)20-22(30)21-18(25)8-3-9-19(21)29(24(20)32)17-7-2-5-15(11-17)12-28-23(31)16-6-4-10-27-13-16/h3-4,6,8-10,13,15,17H,2,5,7,11-12,26H2,1H3,(H,28,31). The summed E-state index contributed by atoms with van der Waals surface area (Å²) >= 11 is 6.36. The topological polar surface area (TPSA) is 105 Å². The molecule has 1 aliphatic heterocycles. The molecule has 0 spiro atoms. The van der Waals surface area contributed by atoms with Gasteiger partial charge in [-0.25, -0.2) is 0 Å². The van der Waals surface area contributed by atoms with Gasteiger partial charge in [0.15, 0.2) is 0 Å². The number of carbonyl (C=O) groups excluding carboxylic acids is 3. The molecule has 7 nitrogen and oxygen atoms in total. The maximum Gasteiger partial charge on any atom is 0.264 e. The molecule has 1 fully saturated rings. The molecule has 32 heavy (non-hydrogen) atoms. The van der Waals surface area contributed by atoms with E-state index in [9.17, 15) is 14.4 Å². The highest BCUT2D eigenvalue weighted by Crippen LogP contribution is 2.40. The lowest BCUT2D eigenvalue weighted by Crippen LogP contribution is -2.49. The van der Waals surface area contributed by atoms with E-state index < -0.39 is 5.78 Å². The van der Waals surface area contributed by atoms with Gasteiger partial charge in [-0.15, -0.1) is 0 Å². The molecule has 2 heterocycles. The molecule has 0 radical (unpaired) electrons. The number of carbonyl (C=O) groups is 3. The Bertz CT molecular complexity index is 1100. The van der Waals surface area contributed by atoms with Crippen molar-refractivity contribution < 1.29 is 14.4 Å². The molecule has 2 aromatic rings. The molecule has 166 valence electrons. The van der Waals surface area contributed by atoms with Crippen LogP contribution in [-0.2, 0) is 4.79 Å². The lowest BCUT2D eigenvalue weighted by atomic mass is 9.82. The van der Waals surface area contributed by atoms with Crippen molar-refractivity contribution >= 4 is 34.9 Å². The predicted octanol–water partition coefficient (Wildman–Crippen LogP) is 3.49. The number of pyridine rings is 1. The second-order valence-electron chi connectivity index (χ2n) is 8.33. The number of hydrogen-bond acceptors (Lipinski definition) is 5. The normalized spacial score (nSPS) is 22.4. The molecule has 0 bridgehead atoms. The van der Waals surface area contributed by atoms with E-state index in [2.05, 4.69) is 10.3 Å². The molecule has 1 aromatic carbocycles. The van der Waals surface area contributed by atoms with Gasteiger partial charge in [0.25, 0.3) is 11.8 Å². The Morgan fingerprint density at radius 3 is 2.78 bits per heavy atom. The quantitative estimate of drug-likeness (QED) is 0.545. The summed E-state index contributed by atoms with van der Waals surface area (Å²) in [4.78, 5) is 44.4. The zero-order valence-electron chi connectivity index (χ0n) is 17.8. The molecular formula is C24H25ClN4O3. The van der Waals surface area contributed by atoms with Crippen LogP contribution in [0.4, 0.5) is 5.69 Å². The van der Waals surface area contributed by atoms with Crippen LogP contribution in [0.15, 0.2) is 54.0 Å². The van der Waals surface area contributed by atoms with Crippen molar-refractivity contribution in [2.45, 2.75) is 38.6 Å². The van der Waals surface area contributed by atoms with E-state index in [1.807, 2.05) is 0 Å². The van der Waals surface area contributed by atoms with Gasteiger partial charge in [0, 0.05) is 30.7 Å². The largest absolute Gasteiger partial charge is 0.402 e. The zero-order chi connectivity index (χ0) is 22.8. The van der Waals surface area contributed by atoms with Crippen LogP contribution in [0.3, 0.4) is 0 Å². The highest BCUT2D eigenvalue weighted by Gasteiger charge is 2.41. The Morgan fingerprint density at radius 1 is 1.25 bits per heavy atom. The molecule has 3 N–H and O–H groups in total. The molecule has 0 saturated heterocycles. The summed E-state index contributed by atoms with van der Waals surface area (Å²) in [6.07, 6.45) is 6.52. The van der Waals surface area contributed by atoms with Gasteiger partial charge in [-0.2, -0.15) is 0 Å². The maximum atomic E-state index is 13.4. The molecule has 1 saturated carbocycles. The Hall–Kier alpha value is -3.19. The van der Waals surface area contributed by atoms with Crippen molar-refractivity contribution in [1.29, 1.82) is 0 Å². The summed E-state index contributed by atoms with van der Waals surface area (Å²) in [5.74, 6) is -0.771. The monoisotopic (exact) mass is 452 g/mol. The molecule has 8 heteroatoms. The number of anilines is 1. The Balaban J connectivity index is 1.56. The van der Waals surface area contributed by atoms with Crippen molar-refractivity contribution in [3.63, 3.8) is 0 Å². The second kappa shape index (κ2) is 9.12. The van der Waals surface area contributed by atoms with Crippen LogP contribution in [0.1, 0.15) is 53.3 Å². The van der Waals surface area contributed by atoms with Crippen LogP contribution < -0.4 is 16.0 Å². The van der Waals surface area contributed by atoms with Crippen molar-refractivity contribution in [2.24, 2.45) is 11.7 Å². The van der Waals surface area contributed by atoms with Crippen LogP contribution in [0.5, 0.6) is 0 Å². The number of nitrogens with two attached hydrogens (primary N) is 1. The summed E-state index contributed by atoms with van der Waals surface area (Å²) in [6.45, 7) is 2.06. The molecule has 1 aromatic heterocycles. The Morgan fingerprint density at radius 2 is 2.06 bits per heavy atom. The summed E-state index contributed by atoms with van der Waals surface area (Å²) < 4.78 is 0. The maximum absolute atomic E-state index is 13.4. The summed E-state index contributed by atoms with van der Waals surface area (Å²) in [6, 6.07) is 8.48. The number of ketones is 1. The predicted molar refractivity (Wildman–Crippen MR) is 122 cm³/mol. The minimum absolute atomic E-state index is 0.0161. The Kier molecular flexibility index (Phi) is 6.28. The van der Waals surface area contributed by atoms with Crippen LogP contribution in [0, 0.1) is 5.92 Å². The first-order valence-corrected chi connectivity index (χ1v) is 11.1. The first kappa shape index (κ1) is 22.0. The lowest BCUT2D eigenvalue weighted by molar-refractivity contribution is -0.115. The van der Waals surface area contributed by atoms with E-state index in [1.54, 1.807) is 48.4 Å². The van der Waals surface area contributed by atoms with Crippen molar-refractivity contribution in [2.75, 3.05) is 11.4 Å². The van der Waals surface area contributed by atoms with E-state index >= 15 is 0 Å². The van der Waals surface area contributed by atoms with Crippen LogP contribution in [0.2, 0.25) is 5.02 Å². The number of Topliss-reactive ketones (excluding diaryl/α,β-unsaturated/α-hetero) is 1. The molecule has 2 atom stereocenters. The first-order valence-electron chi connectivity index (χ1n) is 10.7. The van der Waals surface area contributed by atoms with Gasteiger partial charge in [-0.3, -0.25) is 19.4 Å². The average Bonchev–Trinajstić information content (AvgIpc) is 2.78. The fourth-order valence-corrected chi connectivity index (χ4v) is 4.87. The lowest BCUT2D eigenvalue weighted by Gasteiger charge is -2.40. The van der Waals surface area contributed by atoms with Gasteiger partial charge in [0.1, 0.15) is 5.57 Å². The van der Waals surface area contributed by atoms with Crippen LogP contribution in [0.25, 0.3) is 0 Å². The number of aromatic nitrogens is 1. The van der Waals surface area contributed by atoms with E-state index in [4.69, 9.17) is 17.3 Å². The van der Waals surface area contributed by atoms with E-state index in [1.165, 1.54) is 6.20 Å². The number of halogens is 1. The molecule has 1 aliphatic carbocycles. The van der Waals surface area contributed by atoms with E-state index in [-0.39, 0.29) is 35.0 Å². The average molecular weight is 453 g/mol. The zero-order valence-corrected chi connectivity index (χ0v) is 18.6. The van der Waals surface area contributed by atoms with Crippen molar-refractivity contribution in [3.8, 4) is 0 Å². The molecule has 2 aliphatic rings. The van der Waals surface area contributed by atoms with Gasteiger partial charge in [0.2, 0.25) is 5.78 Å². The number of amides is 2. The number of benzene rings is 1. The fourth-order valence-electron chi connectivity index (χ4n) is 4.62. The SMILES string of the molecule is CC(N)=C1C(=O)c2c(Cl)cccc2N(C2CCCC(CNC(=O)c3cccnc3)C2)C1=O. The van der Waals surface area contributed by atoms with Gasteiger partial charge >= 0.3 is 0 Å². The summed E-state index contributed by atoms with van der Waals surface area (Å²) in [5, 5.41) is 3.28. The van der Waals surface area contributed by atoms with Crippen LogP contribution >= 0.6 is 11.6 Å². The Labute approximate surface area is 191 Å². The van der Waals surface area contributed by atoms with Crippen molar-refractivity contribution in [1.82, 2.24) is 10.3 Å². The molecular weight excluding hydrogens is 428 g/mol. The minimum Gasteiger partial charge on any atom is -0.402 e. The minimum atomic E-state index is -0.428. The van der Waals surface area contributed by atoms with Gasteiger partial charge in [0.05, 0.1) is 21.8 Å². The van der Waals surface area contributed by atoms with Gasteiger partial charge in [-0.05, 0) is 56.4 Å². The van der Waals surface area contributed by atoms with Gasteiger partial charge in [-0.1, -0.05) is 24.1 Å². The third-order valence-corrected chi connectivity index (χ3v) is 6.44. The number of allylic oxidation sites excluding steroid dienone is 1. The molecule has 4 rings (SSSR count). The third-order valence-electron chi connectivity index (χ3n) is 6.13. The highest BCUT2D eigenvalue weighted by molar-refractivity contribution is 6.42. The molecule has 2 amide bonds.